The van der Waals surface area contributed by atoms with Crippen molar-refractivity contribution >= 4 is 23.7 Å². The van der Waals surface area contributed by atoms with E-state index in [1.54, 1.807) is 18.2 Å². The maximum Gasteiger partial charge on any atom is 0.323 e. The molecule has 0 saturated heterocycles. The van der Waals surface area contributed by atoms with E-state index < -0.39 is 48.4 Å². The number of carbonyl (C=O) groups is 4. The van der Waals surface area contributed by atoms with E-state index in [1.165, 1.54) is 24.0 Å². The van der Waals surface area contributed by atoms with Gasteiger partial charge < -0.3 is 31.5 Å². The summed E-state index contributed by atoms with van der Waals surface area (Å²) in [6.07, 6.45) is 0.417. The number of fused-ring (bicyclic) bond motifs is 1. The van der Waals surface area contributed by atoms with Gasteiger partial charge in [-0.2, -0.15) is 0 Å². The van der Waals surface area contributed by atoms with Crippen LogP contribution in [0.3, 0.4) is 0 Å². The molecule has 0 aliphatic carbocycles. The standard InChI is InChI=1S/C24H28N4O6/c1-14(26-23(33)19(25)10-15-6-8-18(29)9-7-15)22(32)27-20-11-16-4-2-3-5-17(16)12-28(24(20)34)13-21(30)31/h2-9,14,19-20,29H,10-13,25H2,1H3,(H,26,33)(H,27,32)(H,30,31)/t14-,19+,20+/m1/s1. The zero-order valence-electron chi connectivity index (χ0n) is 18.7. The second-order valence-electron chi connectivity index (χ2n) is 8.33. The number of nitrogens with one attached hydrogen (secondary N) is 2. The lowest BCUT2D eigenvalue weighted by Crippen LogP contribution is -2.55. The molecule has 0 saturated carbocycles. The van der Waals surface area contributed by atoms with Crippen molar-refractivity contribution in [2.75, 3.05) is 6.54 Å². The molecule has 0 bridgehead atoms. The van der Waals surface area contributed by atoms with Crippen LogP contribution in [0.4, 0.5) is 0 Å². The Morgan fingerprint density at radius 3 is 2.38 bits per heavy atom. The summed E-state index contributed by atoms with van der Waals surface area (Å²) in [5.41, 5.74) is 8.36. The fourth-order valence-corrected chi connectivity index (χ4v) is 3.79. The molecule has 3 rings (SSSR count). The third-order valence-electron chi connectivity index (χ3n) is 5.64. The highest BCUT2D eigenvalue weighted by atomic mass is 16.4. The molecule has 2 aromatic carbocycles. The summed E-state index contributed by atoms with van der Waals surface area (Å²) in [4.78, 5) is 50.7. The molecule has 0 aromatic heterocycles. The van der Waals surface area contributed by atoms with E-state index in [1.807, 2.05) is 18.2 Å². The van der Waals surface area contributed by atoms with Crippen LogP contribution in [0.1, 0.15) is 23.6 Å². The number of carboxylic acid groups (broad SMARTS) is 1. The Hall–Kier alpha value is -3.92. The van der Waals surface area contributed by atoms with Crippen molar-refractivity contribution in [3.05, 3.63) is 65.2 Å². The average molecular weight is 469 g/mol. The number of nitrogens with two attached hydrogens (primary N) is 1. The van der Waals surface area contributed by atoms with Gasteiger partial charge in [-0.3, -0.25) is 19.2 Å². The number of hydrogen-bond acceptors (Lipinski definition) is 6. The number of carboxylic acids is 1. The Balaban J connectivity index is 1.64. The molecule has 10 heteroatoms. The Bertz CT molecular complexity index is 1070. The van der Waals surface area contributed by atoms with E-state index in [2.05, 4.69) is 10.6 Å². The van der Waals surface area contributed by atoms with Gasteiger partial charge in [-0.25, -0.2) is 0 Å². The molecule has 1 heterocycles. The predicted molar refractivity (Wildman–Crippen MR) is 123 cm³/mol. The molecular formula is C24H28N4O6. The fraction of sp³-hybridized carbons (Fsp3) is 0.333. The summed E-state index contributed by atoms with van der Waals surface area (Å²) in [6.45, 7) is 1.12. The van der Waals surface area contributed by atoms with Crippen LogP contribution in [0.2, 0.25) is 0 Å². The number of phenols is 1. The van der Waals surface area contributed by atoms with Gasteiger partial charge in [0.2, 0.25) is 17.7 Å². The topological polar surface area (TPSA) is 162 Å². The van der Waals surface area contributed by atoms with Crippen LogP contribution in [0.5, 0.6) is 5.75 Å². The van der Waals surface area contributed by atoms with Gasteiger partial charge in [-0.05, 0) is 42.2 Å². The Labute approximate surface area is 196 Å². The van der Waals surface area contributed by atoms with E-state index >= 15 is 0 Å². The van der Waals surface area contributed by atoms with E-state index in [-0.39, 0.29) is 25.1 Å². The van der Waals surface area contributed by atoms with Gasteiger partial charge in [-0.1, -0.05) is 36.4 Å². The SMILES string of the molecule is C[C@@H](NC(=O)[C@@H](N)Cc1ccc(O)cc1)C(=O)N[C@H]1Cc2ccccc2CN(CC(=O)O)C1=O. The monoisotopic (exact) mass is 468 g/mol. The lowest BCUT2D eigenvalue weighted by Gasteiger charge is -2.25. The number of nitrogens with zero attached hydrogens (tertiary/aromatic N) is 1. The van der Waals surface area contributed by atoms with E-state index in [0.717, 1.165) is 16.7 Å². The molecule has 0 unspecified atom stereocenters. The second-order valence-corrected chi connectivity index (χ2v) is 8.33. The number of amides is 3. The maximum absolute atomic E-state index is 13.0. The number of aromatic hydroxyl groups is 1. The smallest absolute Gasteiger partial charge is 0.323 e. The Morgan fingerprint density at radius 1 is 1.09 bits per heavy atom. The largest absolute Gasteiger partial charge is 0.508 e. The highest BCUT2D eigenvalue weighted by Crippen LogP contribution is 2.20. The molecule has 3 amide bonds. The number of hydrogen-bond donors (Lipinski definition) is 5. The minimum atomic E-state index is -1.15. The second kappa shape index (κ2) is 10.8. The first-order valence-corrected chi connectivity index (χ1v) is 10.9. The molecule has 3 atom stereocenters. The molecule has 1 aliphatic rings. The van der Waals surface area contributed by atoms with Crippen molar-refractivity contribution in [1.29, 1.82) is 0 Å². The van der Waals surface area contributed by atoms with Crippen molar-refractivity contribution in [3.63, 3.8) is 0 Å². The van der Waals surface area contributed by atoms with E-state index in [4.69, 9.17) is 5.73 Å². The van der Waals surface area contributed by atoms with Crippen molar-refractivity contribution in [2.24, 2.45) is 5.73 Å². The zero-order chi connectivity index (χ0) is 24.8. The fourth-order valence-electron chi connectivity index (χ4n) is 3.79. The van der Waals surface area contributed by atoms with Crippen LogP contribution in [-0.2, 0) is 38.6 Å². The lowest BCUT2D eigenvalue weighted by molar-refractivity contribution is -0.146. The molecule has 0 fully saturated rings. The van der Waals surface area contributed by atoms with Crippen molar-refractivity contribution < 1.29 is 29.4 Å². The summed E-state index contributed by atoms with van der Waals surface area (Å²) in [5.74, 6) is -2.68. The molecule has 180 valence electrons. The van der Waals surface area contributed by atoms with Gasteiger partial charge in [0, 0.05) is 13.0 Å². The molecule has 0 spiro atoms. The summed E-state index contributed by atoms with van der Waals surface area (Å²) in [7, 11) is 0. The first-order valence-electron chi connectivity index (χ1n) is 10.9. The predicted octanol–water partition coefficient (Wildman–Crippen LogP) is -0.0790. The first-order chi connectivity index (χ1) is 16.1. The Morgan fingerprint density at radius 2 is 1.74 bits per heavy atom. The van der Waals surface area contributed by atoms with Gasteiger partial charge in [0.15, 0.2) is 0 Å². The van der Waals surface area contributed by atoms with Crippen LogP contribution >= 0.6 is 0 Å². The van der Waals surface area contributed by atoms with E-state index in [9.17, 15) is 29.4 Å². The van der Waals surface area contributed by atoms with Crippen LogP contribution in [-0.4, -0.2) is 63.5 Å². The molecule has 2 aromatic rings. The molecular weight excluding hydrogens is 440 g/mol. The van der Waals surface area contributed by atoms with Crippen LogP contribution < -0.4 is 16.4 Å². The van der Waals surface area contributed by atoms with Gasteiger partial charge >= 0.3 is 5.97 Å². The third kappa shape index (κ3) is 6.32. The van der Waals surface area contributed by atoms with Crippen molar-refractivity contribution in [1.82, 2.24) is 15.5 Å². The average Bonchev–Trinajstić information content (AvgIpc) is 2.91. The normalized spacial score (nSPS) is 17.2. The quantitative estimate of drug-likeness (QED) is 0.362. The Kier molecular flexibility index (Phi) is 7.85. The van der Waals surface area contributed by atoms with Gasteiger partial charge in [-0.15, -0.1) is 0 Å². The van der Waals surface area contributed by atoms with Crippen molar-refractivity contribution in [2.45, 2.75) is 44.4 Å². The lowest BCUT2D eigenvalue weighted by atomic mass is 10.0. The molecule has 10 nitrogen and oxygen atoms in total. The van der Waals surface area contributed by atoms with Crippen LogP contribution in [0, 0.1) is 0 Å². The summed E-state index contributed by atoms with van der Waals surface area (Å²) in [5, 5.41) is 23.7. The highest BCUT2D eigenvalue weighted by Gasteiger charge is 2.33. The molecule has 1 aliphatic heterocycles. The molecule has 6 N–H and O–H groups in total. The van der Waals surface area contributed by atoms with Crippen LogP contribution in [0.25, 0.3) is 0 Å². The first kappa shape index (κ1) is 24.7. The van der Waals surface area contributed by atoms with Gasteiger partial charge in [0.1, 0.15) is 24.4 Å². The highest BCUT2D eigenvalue weighted by molar-refractivity contribution is 5.94. The summed E-state index contributed by atoms with van der Waals surface area (Å²) >= 11 is 0. The number of phenolic OH excluding ortho intramolecular Hbond substituents is 1. The summed E-state index contributed by atoms with van der Waals surface area (Å²) in [6, 6.07) is 10.7. The van der Waals surface area contributed by atoms with Crippen molar-refractivity contribution in [3.8, 4) is 5.75 Å². The molecule has 34 heavy (non-hydrogen) atoms. The maximum atomic E-state index is 13.0. The molecule has 0 radical (unpaired) electrons. The number of benzene rings is 2. The third-order valence-corrected chi connectivity index (χ3v) is 5.64. The van der Waals surface area contributed by atoms with Gasteiger partial charge in [0.05, 0.1) is 6.04 Å². The number of carbonyl (C=O) groups excluding carboxylic acids is 3. The number of rotatable bonds is 8. The minimum absolute atomic E-state index is 0.102. The number of aliphatic carboxylic acids is 1. The van der Waals surface area contributed by atoms with E-state index in [0.29, 0.717) is 0 Å². The summed E-state index contributed by atoms with van der Waals surface area (Å²) < 4.78 is 0. The van der Waals surface area contributed by atoms with Crippen LogP contribution in [0.15, 0.2) is 48.5 Å². The minimum Gasteiger partial charge on any atom is -0.508 e. The zero-order valence-corrected chi connectivity index (χ0v) is 18.7. The van der Waals surface area contributed by atoms with Gasteiger partial charge in [0.25, 0.3) is 0 Å².